The number of furan rings is 1. The summed E-state index contributed by atoms with van der Waals surface area (Å²) in [6, 6.07) is 43.8. The van der Waals surface area contributed by atoms with Gasteiger partial charge in [-0.3, -0.25) is 0 Å². The van der Waals surface area contributed by atoms with E-state index in [1.807, 2.05) is 60.9 Å². The first-order valence-electron chi connectivity index (χ1n) is 15.1. The number of pyridine rings is 2. The maximum Gasteiger partial charge on any atom is 0.121 e. The van der Waals surface area contributed by atoms with Crippen LogP contribution in [-0.2, 0) is 20.1 Å². The van der Waals surface area contributed by atoms with Gasteiger partial charge in [-0.1, -0.05) is 105 Å². The summed E-state index contributed by atoms with van der Waals surface area (Å²) in [5.74, 6) is 0.463. The Labute approximate surface area is 280 Å². The first kappa shape index (κ1) is 32.2. The van der Waals surface area contributed by atoms with E-state index in [0.29, 0.717) is 5.92 Å². The first-order valence-corrected chi connectivity index (χ1v) is 18.6. The largest absolute Gasteiger partial charge is 0.500 e. The second kappa shape index (κ2) is 13.9. The van der Waals surface area contributed by atoms with E-state index >= 15 is 0 Å². The fourth-order valence-electron chi connectivity index (χ4n) is 5.28. The number of rotatable bonds is 5. The Kier molecular flexibility index (Phi) is 9.94. The van der Waals surface area contributed by atoms with Gasteiger partial charge in [0.2, 0.25) is 0 Å². The molecule has 3 heterocycles. The maximum absolute atomic E-state index is 6.12. The van der Waals surface area contributed by atoms with Crippen LogP contribution in [0.15, 0.2) is 126 Å². The average Bonchev–Trinajstić information content (AvgIpc) is 3.44. The summed E-state index contributed by atoms with van der Waals surface area (Å²) in [7, 11) is -1.23. The maximum atomic E-state index is 6.12. The van der Waals surface area contributed by atoms with Crippen LogP contribution in [0.25, 0.3) is 55.6 Å². The van der Waals surface area contributed by atoms with Gasteiger partial charge < -0.3 is 14.4 Å². The van der Waals surface area contributed by atoms with Crippen molar-refractivity contribution in [3.8, 4) is 33.6 Å². The van der Waals surface area contributed by atoms with Gasteiger partial charge in [0.1, 0.15) is 5.58 Å². The third kappa shape index (κ3) is 7.23. The van der Waals surface area contributed by atoms with Gasteiger partial charge in [-0.15, -0.1) is 59.7 Å². The molecule has 0 aliphatic rings. The summed E-state index contributed by atoms with van der Waals surface area (Å²) in [4.78, 5) is 9.10. The van der Waals surface area contributed by atoms with Gasteiger partial charge in [0.05, 0.1) is 13.7 Å². The minimum atomic E-state index is -1.23. The topological polar surface area (TPSA) is 38.9 Å². The Balaban J connectivity index is 0.000000202. The Morgan fingerprint density at radius 3 is 2.20 bits per heavy atom. The van der Waals surface area contributed by atoms with Gasteiger partial charge in [0, 0.05) is 37.9 Å². The summed E-state index contributed by atoms with van der Waals surface area (Å²) in [6.07, 6.45) is 3.90. The molecule has 0 unspecified atom stereocenters. The molecule has 7 aromatic rings. The summed E-state index contributed by atoms with van der Waals surface area (Å²) in [5.41, 5.74) is 9.38. The van der Waals surface area contributed by atoms with Crippen molar-refractivity contribution >= 4 is 35.2 Å². The molecule has 45 heavy (non-hydrogen) atoms. The molecule has 0 saturated heterocycles. The predicted octanol–water partition coefficient (Wildman–Crippen LogP) is 10.3. The van der Waals surface area contributed by atoms with Gasteiger partial charge in [0.15, 0.2) is 0 Å². The molecular weight excluding hydrogens is 745 g/mol. The molecular formula is C40H36IrN2OSi-2. The monoisotopic (exact) mass is 781 g/mol. The zero-order valence-electron chi connectivity index (χ0n) is 26.3. The van der Waals surface area contributed by atoms with Crippen LogP contribution in [0.5, 0.6) is 0 Å². The normalized spacial score (nSPS) is 11.2. The van der Waals surface area contributed by atoms with Crippen molar-refractivity contribution in [2.75, 3.05) is 0 Å². The summed E-state index contributed by atoms with van der Waals surface area (Å²) >= 11 is 0. The number of hydrogen-bond acceptors (Lipinski definition) is 3. The number of benzene rings is 4. The fourth-order valence-corrected chi connectivity index (χ4v) is 6.31. The molecule has 3 aromatic heterocycles. The molecule has 1 radical (unpaired) electrons. The van der Waals surface area contributed by atoms with Gasteiger partial charge in [0.25, 0.3) is 0 Å². The molecule has 0 fully saturated rings. The SMILES string of the molecule is CC(C)c1ccnc(-c2[c-]cc3oc4cccc(-c5ccccc5)c4c3c2)c1.C[Si](C)(C)c1ccc(-c2[c-]cccc2)nc1.[Ir]. The van der Waals surface area contributed by atoms with Crippen LogP contribution in [0, 0.1) is 12.1 Å². The Morgan fingerprint density at radius 1 is 0.711 bits per heavy atom. The number of fused-ring (bicyclic) bond motifs is 3. The van der Waals surface area contributed by atoms with Crippen LogP contribution < -0.4 is 5.19 Å². The fraction of sp³-hybridized carbons (Fsp3) is 0.150. The minimum absolute atomic E-state index is 0. The van der Waals surface area contributed by atoms with Crippen LogP contribution in [0.2, 0.25) is 19.6 Å². The molecule has 4 aromatic carbocycles. The summed E-state index contributed by atoms with van der Waals surface area (Å²) in [5, 5.41) is 3.63. The van der Waals surface area contributed by atoms with E-state index in [1.54, 1.807) is 0 Å². The number of hydrogen-bond donors (Lipinski definition) is 0. The Morgan fingerprint density at radius 2 is 1.51 bits per heavy atom. The molecule has 0 bridgehead atoms. The van der Waals surface area contributed by atoms with Gasteiger partial charge in [-0.25, -0.2) is 0 Å². The van der Waals surface area contributed by atoms with Crippen LogP contribution >= 0.6 is 0 Å². The van der Waals surface area contributed by atoms with Crippen molar-refractivity contribution in [1.29, 1.82) is 0 Å². The zero-order chi connectivity index (χ0) is 30.7. The van der Waals surface area contributed by atoms with Crippen molar-refractivity contribution in [3.63, 3.8) is 0 Å². The van der Waals surface area contributed by atoms with E-state index in [9.17, 15) is 0 Å². The standard InChI is InChI=1S/C26H20NO.C14H16NSi.Ir/c1-17(2)19-13-14-27-23(16-19)20-11-12-24-22(15-20)26-21(9-6-10-25(26)28-24)18-7-4-3-5-8-18;1-16(2,3)13-9-10-14(15-11-13)12-7-5-4-6-8-12;/h3-10,12-17H,1-2H3;4-7,9-11H,1-3H3;/q2*-1;. The molecule has 0 N–H and O–H groups in total. The molecule has 0 atom stereocenters. The quantitative estimate of drug-likeness (QED) is 0.129. The molecule has 0 amide bonds. The van der Waals surface area contributed by atoms with E-state index in [2.05, 4.69) is 116 Å². The second-order valence-electron chi connectivity index (χ2n) is 12.4. The average molecular weight is 781 g/mol. The molecule has 5 heteroatoms. The number of nitrogens with zero attached hydrogens (tertiary/aromatic N) is 2. The Bertz CT molecular complexity index is 2010. The van der Waals surface area contributed by atoms with Crippen LogP contribution in [-0.4, -0.2) is 18.0 Å². The number of aromatic nitrogens is 2. The second-order valence-corrected chi connectivity index (χ2v) is 17.4. The van der Waals surface area contributed by atoms with Crippen molar-refractivity contribution < 1.29 is 24.5 Å². The van der Waals surface area contributed by atoms with Crippen molar-refractivity contribution in [3.05, 3.63) is 139 Å². The van der Waals surface area contributed by atoms with Crippen molar-refractivity contribution in [1.82, 2.24) is 9.97 Å². The van der Waals surface area contributed by atoms with Crippen molar-refractivity contribution in [2.24, 2.45) is 0 Å². The minimum Gasteiger partial charge on any atom is -0.500 e. The van der Waals surface area contributed by atoms with Gasteiger partial charge in [-0.2, -0.15) is 0 Å². The molecule has 7 rings (SSSR count). The molecule has 0 saturated carbocycles. The van der Waals surface area contributed by atoms with Crippen LogP contribution in [0.3, 0.4) is 0 Å². The molecule has 0 aliphatic heterocycles. The summed E-state index contributed by atoms with van der Waals surface area (Å²) < 4.78 is 6.12. The third-order valence-electron chi connectivity index (χ3n) is 7.85. The van der Waals surface area contributed by atoms with Crippen LogP contribution in [0.1, 0.15) is 25.3 Å². The third-order valence-corrected chi connectivity index (χ3v) is 9.88. The molecule has 0 spiro atoms. The Hall–Kier alpha value is -4.15. The van der Waals surface area contributed by atoms with Crippen LogP contribution in [0.4, 0.5) is 0 Å². The first-order chi connectivity index (χ1) is 21.3. The van der Waals surface area contributed by atoms with Gasteiger partial charge >= 0.3 is 0 Å². The van der Waals surface area contributed by atoms with E-state index < -0.39 is 8.07 Å². The molecule has 3 nitrogen and oxygen atoms in total. The van der Waals surface area contributed by atoms with E-state index in [1.165, 1.54) is 21.9 Å². The molecule has 227 valence electrons. The predicted molar refractivity (Wildman–Crippen MR) is 187 cm³/mol. The van der Waals surface area contributed by atoms with E-state index in [4.69, 9.17) is 4.42 Å². The zero-order valence-corrected chi connectivity index (χ0v) is 29.7. The van der Waals surface area contributed by atoms with Crippen molar-refractivity contribution in [2.45, 2.75) is 39.4 Å². The smallest absolute Gasteiger partial charge is 0.121 e. The van der Waals surface area contributed by atoms with E-state index in [0.717, 1.165) is 44.5 Å². The summed E-state index contributed by atoms with van der Waals surface area (Å²) in [6.45, 7) is 11.4. The van der Waals surface area contributed by atoms with Gasteiger partial charge in [-0.05, 0) is 45.8 Å². The van der Waals surface area contributed by atoms with E-state index in [-0.39, 0.29) is 20.1 Å². The molecule has 0 aliphatic carbocycles.